The van der Waals surface area contributed by atoms with Gasteiger partial charge in [-0.1, -0.05) is 18.2 Å². The van der Waals surface area contributed by atoms with E-state index >= 15 is 0 Å². The van der Waals surface area contributed by atoms with Gasteiger partial charge >= 0.3 is 0 Å². The number of anilines is 1. The quantitative estimate of drug-likeness (QED) is 0.623. The molecule has 2 unspecified atom stereocenters. The lowest BCUT2D eigenvalue weighted by molar-refractivity contribution is -0.133. The standard InChI is InChI=1S/C25H29N3O4S/c1-25-12-10-23(30)28(25)21-9-3-2-8-20(21)24(31)27(25)13-11-22(29)26(16-18-6-4-14-32-18)17-19-7-5-15-33-19/h2-3,5,7-9,15,18H,4,6,10-14,16-17H2,1H3. The van der Waals surface area contributed by atoms with Crippen LogP contribution in [0, 0.1) is 0 Å². The van der Waals surface area contributed by atoms with Crippen LogP contribution < -0.4 is 4.90 Å². The van der Waals surface area contributed by atoms with E-state index < -0.39 is 5.66 Å². The van der Waals surface area contributed by atoms with Gasteiger partial charge in [0.2, 0.25) is 11.8 Å². The lowest BCUT2D eigenvalue weighted by Gasteiger charge is -2.48. The molecular weight excluding hydrogens is 438 g/mol. The minimum Gasteiger partial charge on any atom is -0.376 e. The van der Waals surface area contributed by atoms with Gasteiger partial charge in [-0.15, -0.1) is 11.3 Å². The molecule has 1 aromatic heterocycles. The summed E-state index contributed by atoms with van der Waals surface area (Å²) in [7, 11) is 0. The first-order valence-electron chi connectivity index (χ1n) is 11.6. The lowest BCUT2D eigenvalue weighted by atomic mass is 9.98. The van der Waals surface area contributed by atoms with Crippen molar-refractivity contribution < 1.29 is 19.1 Å². The van der Waals surface area contributed by atoms with E-state index in [9.17, 15) is 14.4 Å². The van der Waals surface area contributed by atoms with Crippen molar-refractivity contribution in [2.24, 2.45) is 0 Å². The van der Waals surface area contributed by atoms with Gasteiger partial charge in [0, 0.05) is 37.4 Å². The molecular formula is C25H29N3O4S. The molecule has 33 heavy (non-hydrogen) atoms. The summed E-state index contributed by atoms with van der Waals surface area (Å²) in [5, 5.41) is 2.01. The van der Waals surface area contributed by atoms with Crippen LogP contribution in [0.25, 0.3) is 0 Å². The van der Waals surface area contributed by atoms with Crippen molar-refractivity contribution in [2.45, 2.75) is 57.3 Å². The summed E-state index contributed by atoms with van der Waals surface area (Å²) in [4.78, 5) is 46.0. The summed E-state index contributed by atoms with van der Waals surface area (Å²) in [6, 6.07) is 11.3. The number of hydrogen-bond acceptors (Lipinski definition) is 5. The number of carbonyl (C=O) groups excluding carboxylic acids is 3. The maximum absolute atomic E-state index is 13.4. The number of fused-ring (bicyclic) bond motifs is 3. The Labute approximate surface area is 197 Å². The number of carbonyl (C=O) groups is 3. The Morgan fingerprint density at radius 2 is 2.09 bits per heavy atom. The fourth-order valence-electron chi connectivity index (χ4n) is 5.29. The number of ether oxygens (including phenoxy) is 1. The monoisotopic (exact) mass is 467 g/mol. The SMILES string of the molecule is CC12CCC(=O)N1c1ccccc1C(=O)N2CCC(=O)N(Cc1cccs1)CC1CCCO1. The fourth-order valence-corrected chi connectivity index (χ4v) is 6.01. The Balaban J connectivity index is 1.34. The van der Waals surface area contributed by atoms with Gasteiger partial charge in [-0.2, -0.15) is 0 Å². The largest absolute Gasteiger partial charge is 0.376 e. The number of rotatable bonds is 7. The number of para-hydroxylation sites is 1. The average Bonchev–Trinajstić information content (AvgIpc) is 3.56. The summed E-state index contributed by atoms with van der Waals surface area (Å²) >= 11 is 1.63. The smallest absolute Gasteiger partial charge is 0.257 e. The maximum atomic E-state index is 13.4. The number of thiophene rings is 1. The first-order chi connectivity index (χ1) is 16.0. The van der Waals surface area contributed by atoms with Crippen molar-refractivity contribution in [1.82, 2.24) is 9.80 Å². The molecule has 7 nitrogen and oxygen atoms in total. The third-order valence-corrected chi connectivity index (χ3v) is 7.88. The Morgan fingerprint density at radius 1 is 1.24 bits per heavy atom. The van der Waals surface area contributed by atoms with Crippen molar-refractivity contribution in [3.63, 3.8) is 0 Å². The van der Waals surface area contributed by atoms with Gasteiger partial charge in [0.15, 0.2) is 0 Å². The van der Waals surface area contributed by atoms with Crippen molar-refractivity contribution in [2.75, 3.05) is 24.6 Å². The highest BCUT2D eigenvalue weighted by Gasteiger charge is 2.52. The molecule has 2 saturated heterocycles. The van der Waals surface area contributed by atoms with Crippen LogP contribution in [-0.2, 0) is 20.9 Å². The van der Waals surface area contributed by atoms with E-state index in [2.05, 4.69) is 0 Å². The highest BCUT2D eigenvalue weighted by molar-refractivity contribution is 7.09. The van der Waals surface area contributed by atoms with Crippen molar-refractivity contribution >= 4 is 34.7 Å². The first kappa shape index (κ1) is 22.1. The fraction of sp³-hybridized carbons (Fsp3) is 0.480. The second-order valence-corrected chi connectivity index (χ2v) is 10.2. The van der Waals surface area contributed by atoms with Gasteiger partial charge in [-0.05, 0) is 49.8 Å². The van der Waals surface area contributed by atoms with Crippen LogP contribution >= 0.6 is 11.3 Å². The molecule has 0 radical (unpaired) electrons. The van der Waals surface area contributed by atoms with Crippen molar-refractivity contribution in [1.29, 1.82) is 0 Å². The topological polar surface area (TPSA) is 70.2 Å². The minimum atomic E-state index is -0.740. The van der Waals surface area contributed by atoms with Crippen LogP contribution in [0.4, 0.5) is 5.69 Å². The Bertz CT molecular complexity index is 1050. The molecule has 0 N–H and O–H groups in total. The first-order valence-corrected chi connectivity index (χ1v) is 12.5. The maximum Gasteiger partial charge on any atom is 0.257 e. The zero-order chi connectivity index (χ0) is 23.0. The summed E-state index contributed by atoms with van der Waals surface area (Å²) in [5.41, 5.74) is 0.455. The van der Waals surface area contributed by atoms with E-state index in [1.54, 1.807) is 27.2 Å². The minimum absolute atomic E-state index is 0.00466. The van der Waals surface area contributed by atoms with Gasteiger partial charge in [0.1, 0.15) is 5.66 Å². The summed E-state index contributed by atoms with van der Waals surface area (Å²) < 4.78 is 5.79. The lowest BCUT2D eigenvalue weighted by Crippen LogP contribution is -2.62. The average molecular weight is 468 g/mol. The van der Waals surface area contributed by atoms with Crippen LogP contribution in [0.3, 0.4) is 0 Å². The molecule has 2 atom stereocenters. The molecule has 0 saturated carbocycles. The molecule has 174 valence electrons. The van der Waals surface area contributed by atoms with Crippen molar-refractivity contribution in [3.05, 3.63) is 52.2 Å². The summed E-state index contributed by atoms with van der Waals surface area (Å²) in [6.45, 7) is 4.07. The number of benzene rings is 1. The van der Waals surface area contributed by atoms with E-state index in [1.165, 1.54) is 0 Å². The predicted molar refractivity (Wildman–Crippen MR) is 126 cm³/mol. The third kappa shape index (κ3) is 4.06. The molecule has 0 spiro atoms. The van der Waals surface area contributed by atoms with Crippen molar-refractivity contribution in [3.8, 4) is 0 Å². The third-order valence-electron chi connectivity index (χ3n) is 7.02. The number of amides is 3. The normalized spacial score (nSPS) is 24.2. The second-order valence-electron chi connectivity index (χ2n) is 9.16. The highest BCUT2D eigenvalue weighted by atomic mass is 32.1. The summed E-state index contributed by atoms with van der Waals surface area (Å²) in [5.74, 6) is -0.0905. The molecule has 3 aliphatic rings. The molecule has 3 amide bonds. The molecule has 3 aliphatic heterocycles. The molecule has 8 heteroatoms. The molecule has 4 heterocycles. The molecule has 0 bridgehead atoms. The second kappa shape index (κ2) is 8.91. The molecule has 1 aromatic carbocycles. The Kier molecular flexibility index (Phi) is 5.97. The van der Waals surface area contributed by atoms with E-state index in [-0.39, 0.29) is 36.8 Å². The van der Waals surface area contributed by atoms with Gasteiger partial charge in [-0.3, -0.25) is 19.3 Å². The number of nitrogens with zero attached hydrogens (tertiary/aromatic N) is 3. The van der Waals surface area contributed by atoms with Crippen LogP contribution in [0.5, 0.6) is 0 Å². The van der Waals surface area contributed by atoms with E-state index in [0.29, 0.717) is 37.2 Å². The van der Waals surface area contributed by atoms with Gasteiger partial charge < -0.3 is 14.5 Å². The van der Waals surface area contributed by atoms with Crippen LogP contribution in [0.2, 0.25) is 0 Å². The van der Waals surface area contributed by atoms with Crippen LogP contribution in [0.15, 0.2) is 41.8 Å². The van der Waals surface area contributed by atoms with E-state index in [4.69, 9.17) is 4.74 Å². The zero-order valence-corrected chi connectivity index (χ0v) is 19.7. The van der Waals surface area contributed by atoms with Crippen LogP contribution in [-0.4, -0.2) is 59.0 Å². The highest BCUT2D eigenvalue weighted by Crippen LogP contribution is 2.44. The predicted octanol–water partition coefficient (Wildman–Crippen LogP) is 3.64. The Morgan fingerprint density at radius 3 is 2.85 bits per heavy atom. The zero-order valence-electron chi connectivity index (χ0n) is 18.9. The molecule has 2 fully saturated rings. The Hall–Kier alpha value is -2.71. The molecule has 2 aromatic rings. The summed E-state index contributed by atoms with van der Waals surface area (Å²) in [6.07, 6.45) is 3.23. The molecule has 0 aliphatic carbocycles. The van der Waals surface area contributed by atoms with Gasteiger partial charge in [-0.25, -0.2) is 0 Å². The van der Waals surface area contributed by atoms with E-state index in [0.717, 1.165) is 24.3 Å². The van der Waals surface area contributed by atoms with E-state index in [1.807, 2.05) is 47.5 Å². The van der Waals surface area contributed by atoms with Crippen LogP contribution in [0.1, 0.15) is 54.3 Å². The molecule has 5 rings (SSSR count). The number of hydrogen-bond donors (Lipinski definition) is 0. The van der Waals surface area contributed by atoms with Gasteiger partial charge in [0.05, 0.1) is 23.9 Å². The van der Waals surface area contributed by atoms with Gasteiger partial charge in [0.25, 0.3) is 5.91 Å².